The summed E-state index contributed by atoms with van der Waals surface area (Å²) in [5, 5.41) is 3.38. The Morgan fingerprint density at radius 3 is 2.89 bits per heavy atom. The van der Waals surface area contributed by atoms with E-state index in [1.807, 2.05) is 0 Å². The van der Waals surface area contributed by atoms with E-state index >= 15 is 0 Å². The third kappa shape index (κ3) is 3.74. The number of hydrogen-bond donors (Lipinski definition) is 1. The fourth-order valence-electron chi connectivity index (χ4n) is 2.57. The van der Waals surface area contributed by atoms with E-state index in [9.17, 15) is 8.78 Å². The van der Waals surface area contributed by atoms with Gasteiger partial charge in [0.05, 0.1) is 6.10 Å². The zero-order chi connectivity index (χ0) is 13.7. The molecule has 0 amide bonds. The van der Waals surface area contributed by atoms with Gasteiger partial charge in [-0.3, -0.25) is 0 Å². The normalized spacial score (nSPS) is 23.5. The van der Waals surface area contributed by atoms with Crippen molar-refractivity contribution in [2.75, 3.05) is 19.7 Å². The monoisotopic (exact) mass is 269 g/mol. The number of halogens is 2. The third-order valence-electron chi connectivity index (χ3n) is 3.55. The molecule has 1 aromatic carbocycles. The third-order valence-corrected chi connectivity index (χ3v) is 3.55. The molecule has 0 aromatic heterocycles. The lowest BCUT2D eigenvalue weighted by atomic mass is 9.89. The van der Waals surface area contributed by atoms with E-state index in [1.54, 1.807) is 6.07 Å². The minimum atomic E-state index is -0.805. The summed E-state index contributed by atoms with van der Waals surface area (Å²) in [4.78, 5) is 0. The summed E-state index contributed by atoms with van der Waals surface area (Å²) in [6.45, 7) is 4.64. The summed E-state index contributed by atoms with van der Waals surface area (Å²) in [5.41, 5.74) is 0.738. The van der Waals surface area contributed by atoms with Crippen molar-refractivity contribution >= 4 is 0 Å². The molecule has 1 aromatic rings. The van der Waals surface area contributed by atoms with E-state index in [-0.39, 0.29) is 6.10 Å². The van der Waals surface area contributed by atoms with Crippen LogP contribution in [0, 0.1) is 17.6 Å². The second kappa shape index (κ2) is 6.96. The highest BCUT2D eigenvalue weighted by Gasteiger charge is 2.27. The first-order valence-corrected chi connectivity index (χ1v) is 6.99. The van der Waals surface area contributed by atoms with Crippen LogP contribution in [0.4, 0.5) is 8.78 Å². The molecule has 1 fully saturated rings. The number of ether oxygens (including phenoxy) is 1. The summed E-state index contributed by atoms with van der Waals surface area (Å²) < 4.78 is 32.1. The molecule has 1 N–H and O–H groups in total. The van der Waals surface area contributed by atoms with Gasteiger partial charge < -0.3 is 10.1 Å². The summed E-state index contributed by atoms with van der Waals surface area (Å²) in [5.74, 6) is -1.28. The van der Waals surface area contributed by atoms with Gasteiger partial charge in [0.2, 0.25) is 0 Å². The van der Waals surface area contributed by atoms with Crippen molar-refractivity contribution in [2.24, 2.45) is 5.92 Å². The van der Waals surface area contributed by atoms with Gasteiger partial charge in [0.25, 0.3) is 0 Å². The van der Waals surface area contributed by atoms with E-state index in [4.69, 9.17) is 4.74 Å². The smallest absolute Gasteiger partial charge is 0.159 e. The molecule has 1 aliphatic heterocycles. The SMILES string of the molecule is CCCNCC1CCCOC1c1ccc(F)c(F)c1. The molecular weight excluding hydrogens is 248 g/mol. The Morgan fingerprint density at radius 1 is 1.32 bits per heavy atom. The molecule has 2 unspecified atom stereocenters. The molecule has 2 atom stereocenters. The number of hydrogen-bond acceptors (Lipinski definition) is 2. The van der Waals surface area contributed by atoms with Crippen molar-refractivity contribution < 1.29 is 13.5 Å². The Kier molecular flexibility index (Phi) is 5.28. The van der Waals surface area contributed by atoms with E-state index < -0.39 is 11.6 Å². The molecule has 1 heterocycles. The summed E-state index contributed by atoms with van der Waals surface area (Å²) in [6.07, 6.45) is 3.04. The quantitative estimate of drug-likeness (QED) is 0.827. The Morgan fingerprint density at radius 2 is 2.16 bits per heavy atom. The highest BCUT2D eigenvalue weighted by atomic mass is 19.2. The lowest BCUT2D eigenvalue weighted by molar-refractivity contribution is -0.0279. The van der Waals surface area contributed by atoms with Gasteiger partial charge in [-0.05, 0) is 43.5 Å². The summed E-state index contributed by atoms with van der Waals surface area (Å²) in [7, 11) is 0. The second-order valence-electron chi connectivity index (χ2n) is 5.07. The topological polar surface area (TPSA) is 21.3 Å². The summed E-state index contributed by atoms with van der Waals surface area (Å²) >= 11 is 0. The average Bonchev–Trinajstić information content (AvgIpc) is 2.43. The molecule has 0 radical (unpaired) electrons. The van der Waals surface area contributed by atoms with Gasteiger partial charge in [-0.1, -0.05) is 13.0 Å². The molecule has 19 heavy (non-hydrogen) atoms. The number of nitrogens with one attached hydrogen (secondary N) is 1. The first-order valence-electron chi connectivity index (χ1n) is 6.99. The second-order valence-corrected chi connectivity index (χ2v) is 5.07. The molecule has 0 bridgehead atoms. The van der Waals surface area contributed by atoms with Crippen molar-refractivity contribution in [1.82, 2.24) is 5.32 Å². The van der Waals surface area contributed by atoms with E-state index in [0.717, 1.165) is 37.9 Å². The highest BCUT2D eigenvalue weighted by molar-refractivity contribution is 5.21. The van der Waals surface area contributed by atoms with Crippen LogP contribution in [0.25, 0.3) is 0 Å². The average molecular weight is 269 g/mol. The highest BCUT2D eigenvalue weighted by Crippen LogP contribution is 2.33. The maximum atomic E-state index is 13.3. The van der Waals surface area contributed by atoms with E-state index in [0.29, 0.717) is 12.5 Å². The molecule has 1 aliphatic rings. The van der Waals surface area contributed by atoms with Gasteiger partial charge in [-0.25, -0.2) is 8.78 Å². The van der Waals surface area contributed by atoms with Gasteiger partial charge >= 0.3 is 0 Å². The summed E-state index contributed by atoms with van der Waals surface area (Å²) in [6, 6.07) is 4.07. The minimum Gasteiger partial charge on any atom is -0.373 e. The van der Waals surface area contributed by atoms with Crippen LogP contribution >= 0.6 is 0 Å². The Bertz CT molecular complexity index is 411. The molecule has 2 nitrogen and oxygen atoms in total. The molecule has 1 saturated heterocycles. The zero-order valence-electron chi connectivity index (χ0n) is 11.3. The Labute approximate surface area is 113 Å². The molecule has 106 valence electrons. The predicted molar refractivity (Wildman–Crippen MR) is 70.9 cm³/mol. The van der Waals surface area contributed by atoms with Crippen LogP contribution < -0.4 is 5.32 Å². The van der Waals surface area contributed by atoms with Crippen LogP contribution in [0.3, 0.4) is 0 Å². The van der Waals surface area contributed by atoms with Gasteiger partial charge in [-0.15, -0.1) is 0 Å². The van der Waals surface area contributed by atoms with E-state index in [1.165, 1.54) is 12.1 Å². The number of rotatable bonds is 5. The predicted octanol–water partition coefficient (Wildman–Crippen LogP) is 3.43. The lowest BCUT2D eigenvalue weighted by Gasteiger charge is -2.32. The molecular formula is C15H21F2NO. The number of benzene rings is 1. The molecule has 0 aliphatic carbocycles. The van der Waals surface area contributed by atoms with Gasteiger partial charge in [0.15, 0.2) is 11.6 Å². The van der Waals surface area contributed by atoms with Crippen molar-refractivity contribution in [3.05, 3.63) is 35.4 Å². The van der Waals surface area contributed by atoms with Crippen LogP contribution in [-0.4, -0.2) is 19.7 Å². The van der Waals surface area contributed by atoms with Crippen LogP contribution in [-0.2, 0) is 4.74 Å². The first-order chi connectivity index (χ1) is 9.22. The zero-order valence-corrected chi connectivity index (χ0v) is 11.3. The standard InChI is InChI=1S/C15H21F2NO/c1-2-7-18-10-12-4-3-8-19-15(12)11-5-6-13(16)14(17)9-11/h5-6,9,12,15,18H,2-4,7-8,10H2,1H3. The maximum absolute atomic E-state index is 13.3. The van der Waals surface area contributed by atoms with Crippen molar-refractivity contribution in [3.8, 4) is 0 Å². The fourth-order valence-corrected chi connectivity index (χ4v) is 2.57. The minimum absolute atomic E-state index is 0.131. The van der Waals surface area contributed by atoms with E-state index in [2.05, 4.69) is 12.2 Å². The van der Waals surface area contributed by atoms with Crippen LogP contribution in [0.5, 0.6) is 0 Å². The molecule has 4 heteroatoms. The molecule has 0 saturated carbocycles. The molecule has 2 rings (SSSR count). The largest absolute Gasteiger partial charge is 0.373 e. The lowest BCUT2D eigenvalue weighted by Crippen LogP contribution is -2.32. The molecule has 0 spiro atoms. The van der Waals surface area contributed by atoms with Gasteiger partial charge in [-0.2, -0.15) is 0 Å². The van der Waals surface area contributed by atoms with Crippen LogP contribution in [0.2, 0.25) is 0 Å². The fraction of sp³-hybridized carbons (Fsp3) is 0.600. The Balaban J connectivity index is 2.07. The van der Waals surface area contributed by atoms with Crippen LogP contribution in [0.1, 0.15) is 37.9 Å². The Hall–Kier alpha value is -1.00. The van der Waals surface area contributed by atoms with Crippen LogP contribution in [0.15, 0.2) is 18.2 Å². The maximum Gasteiger partial charge on any atom is 0.159 e. The van der Waals surface area contributed by atoms with Crippen molar-refractivity contribution in [2.45, 2.75) is 32.3 Å². The van der Waals surface area contributed by atoms with Crippen molar-refractivity contribution in [1.29, 1.82) is 0 Å². The van der Waals surface area contributed by atoms with Gasteiger partial charge in [0.1, 0.15) is 0 Å². The van der Waals surface area contributed by atoms with Crippen molar-refractivity contribution in [3.63, 3.8) is 0 Å². The first kappa shape index (κ1) is 14.4. The van der Waals surface area contributed by atoms with Gasteiger partial charge in [0, 0.05) is 19.1 Å².